The van der Waals surface area contributed by atoms with Gasteiger partial charge in [0.1, 0.15) is 11.5 Å². The van der Waals surface area contributed by atoms with Gasteiger partial charge in [0.25, 0.3) is 5.91 Å². The lowest BCUT2D eigenvalue weighted by Gasteiger charge is -2.20. The summed E-state index contributed by atoms with van der Waals surface area (Å²) in [6.45, 7) is 8.70. The van der Waals surface area contributed by atoms with Gasteiger partial charge < -0.3 is 15.1 Å². The summed E-state index contributed by atoms with van der Waals surface area (Å²) in [5, 5.41) is 0. The van der Waals surface area contributed by atoms with E-state index in [1.54, 1.807) is 4.90 Å². The first kappa shape index (κ1) is 14.7. The fourth-order valence-corrected chi connectivity index (χ4v) is 2.01. The lowest BCUT2D eigenvalue weighted by Crippen LogP contribution is -2.34. The number of aryl methyl sites for hydroxylation is 2. The Kier molecular flexibility index (Phi) is 4.90. The zero-order valence-electron chi connectivity index (χ0n) is 11.4. The highest BCUT2D eigenvalue weighted by Gasteiger charge is 2.22. The van der Waals surface area contributed by atoms with Crippen LogP contribution in [0.5, 0.6) is 0 Å². The normalized spacial score (nSPS) is 10.4. The zero-order chi connectivity index (χ0) is 13.9. The fraction of sp³-hybridized carbons (Fsp3) is 0.538. The third-order valence-electron chi connectivity index (χ3n) is 3.07. The number of furan rings is 1. The highest BCUT2D eigenvalue weighted by Crippen LogP contribution is 2.22. The second kappa shape index (κ2) is 6.00. The number of nitrogens with two attached hydrogens (primary N) is 1. The van der Waals surface area contributed by atoms with Crippen LogP contribution in [-0.2, 0) is 0 Å². The maximum absolute atomic E-state index is 12.4. The SMILES string of the molecule is CCN(CCC(N)=S)C(=O)c1c(C)oc(C)c1C. The van der Waals surface area contributed by atoms with E-state index in [0.717, 1.165) is 11.3 Å². The summed E-state index contributed by atoms with van der Waals surface area (Å²) < 4.78 is 5.49. The Bertz CT molecular complexity index is 466. The molecule has 0 saturated carbocycles. The van der Waals surface area contributed by atoms with Gasteiger partial charge in [-0.05, 0) is 27.7 Å². The molecule has 4 nitrogen and oxygen atoms in total. The molecule has 0 aliphatic carbocycles. The summed E-state index contributed by atoms with van der Waals surface area (Å²) in [6.07, 6.45) is 0.545. The smallest absolute Gasteiger partial charge is 0.257 e. The van der Waals surface area contributed by atoms with E-state index in [0.29, 0.717) is 35.8 Å². The van der Waals surface area contributed by atoms with E-state index in [4.69, 9.17) is 22.4 Å². The Labute approximate surface area is 113 Å². The molecule has 1 heterocycles. The average molecular weight is 268 g/mol. The first-order valence-corrected chi connectivity index (χ1v) is 6.43. The predicted molar refractivity (Wildman–Crippen MR) is 75.9 cm³/mol. The van der Waals surface area contributed by atoms with Gasteiger partial charge in [0.2, 0.25) is 0 Å². The zero-order valence-corrected chi connectivity index (χ0v) is 12.2. The Balaban J connectivity index is 2.93. The number of thiocarbonyl (C=S) groups is 1. The van der Waals surface area contributed by atoms with Crippen LogP contribution in [0.15, 0.2) is 4.42 Å². The van der Waals surface area contributed by atoms with Crippen molar-refractivity contribution in [3.05, 3.63) is 22.6 Å². The van der Waals surface area contributed by atoms with Gasteiger partial charge in [-0.25, -0.2) is 0 Å². The van der Waals surface area contributed by atoms with Gasteiger partial charge in [-0.1, -0.05) is 12.2 Å². The number of nitrogens with zero attached hydrogens (tertiary/aromatic N) is 1. The van der Waals surface area contributed by atoms with Crippen LogP contribution in [0.25, 0.3) is 0 Å². The molecule has 2 N–H and O–H groups in total. The van der Waals surface area contributed by atoms with Crippen molar-refractivity contribution < 1.29 is 9.21 Å². The van der Waals surface area contributed by atoms with Gasteiger partial charge in [-0.15, -0.1) is 0 Å². The van der Waals surface area contributed by atoms with E-state index in [1.165, 1.54) is 0 Å². The summed E-state index contributed by atoms with van der Waals surface area (Å²) in [6, 6.07) is 0. The number of rotatable bonds is 5. The fourth-order valence-electron chi connectivity index (χ4n) is 1.91. The van der Waals surface area contributed by atoms with Crippen LogP contribution in [-0.4, -0.2) is 28.9 Å². The Morgan fingerprint density at radius 3 is 2.33 bits per heavy atom. The maximum atomic E-state index is 12.4. The maximum Gasteiger partial charge on any atom is 0.257 e. The number of hydrogen-bond donors (Lipinski definition) is 1. The minimum absolute atomic E-state index is 0.0133. The molecule has 1 rings (SSSR count). The minimum atomic E-state index is -0.0133. The van der Waals surface area contributed by atoms with Gasteiger partial charge in [-0.2, -0.15) is 0 Å². The molecule has 0 atom stereocenters. The lowest BCUT2D eigenvalue weighted by molar-refractivity contribution is 0.0766. The first-order chi connectivity index (χ1) is 8.38. The van der Waals surface area contributed by atoms with Crippen molar-refractivity contribution in [1.29, 1.82) is 0 Å². The molecule has 0 fully saturated rings. The lowest BCUT2D eigenvalue weighted by atomic mass is 10.1. The largest absolute Gasteiger partial charge is 0.466 e. The molecular weight excluding hydrogens is 248 g/mol. The quantitative estimate of drug-likeness (QED) is 0.833. The van der Waals surface area contributed by atoms with Crippen molar-refractivity contribution in [1.82, 2.24) is 4.90 Å². The minimum Gasteiger partial charge on any atom is -0.466 e. The summed E-state index contributed by atoms with van der Waals surface area (Å²) in [5.74, 6) is 1.45. The summed E-state index contributed by atoms with van der Waals surface area (Å²) in [7, 11) is 0. The molecule has 1 aromatic rings. The van der Waals surface area contributed by atoms with E-state index >= 15 is 0 Å². The summed E-state index contributed by atoms with van der Waals surface area (Å²) in [4.78, 5) is 14.6. The van der Waals surface area contributed by atoms with Crippen LogP contribution < -0.4 is 5.73 Å². The number of amides is 1. The first-order valence-electron chi connectivity index (χ1n) is 6.02. The second-order valence-electron chi connectivity index (χ2n) is 4.32. The molecule has 0 aliphatic heterocycles. The standard InChI is InChI=1S/C13H20N2O2S/c1-5-15(7-6-11(14)18)13(16)12-8(2)9(3)17-10(12)4/h5-7H2,1-4H3,(H2,14,18). The highest BCUT2D eigenvalue weighted by atomic mass is 32.1. The predicted octanol–water partition coefficient (Wildman–Crippen LogP) is 2.34. The molecule has 18 heavy (non-hydrogen) atoms. The molecule has 0 unspecified atom stereocenters. The van der Waals surface area contributed by atoms with E-state index in [2.05, 4.69) is 0 Å². The summed E-state index contributed by atoms with van der Waals surface area (Å²) >= 11 is 4.84. The number of hydrogen-bond acceptors (Lipinski definition) is 3. The molecule has 0 spiro atoms. The van der Waals surface area contributed by atoms with Crippen LogP contribution in [0.1, 0.15) is 40.8 Å². The molecule has 1 amide bonds. The molecule has 0 radical (unpaired) electrons. The van der Waals surface area contributed by atoms with E-state index in [1.807, 2.05) is 27.7 Å². The van der Waals surface area contributed by atoms with Crippen LogP contribution >= 0.6 is 12.2 Å². The molecule has 0 aromatic carbocycles. The Hall–Kier alpha value is -1.36. The van der Waals surface area contributed by atoms with E-state index in [9.17, 15) is 4.79 Å². The van der Waals surface area contributed by atoms with Crippen LogP contribution in [0.2, 0.25) is 0 Å². The van der Waals surface area contributed by atoms with Crippen molar-refractivity contribution in [2.45, 2.75) is 34.1 Å². The third kappa shape index (κ3) is 3.10. The summed E-state index contributed by atoms with van der Waals surface area (Å²) in [5.41, 5.74) is 7.05. The van der Waals surface area contributed by atoms with Gasteiger partial charge in [0.15, 0.2) is 0 Å². The van der Waals surface area contributed by atoms with Gasteiger partial charge in [0, 0.05) is 25.1 Å². The Morgan fingerprint density at radius 1 is 1.33 bits per heavy atom. The number of carbonyl (C=O) groups excluding carboxylic acids is 1. The van der Waals surface area contributed by atoms with Crippen molar-refractivity contribution in [3.63, 3.8) is 0 Å². The Morgan fingerprint density at radius 2 is 1.94 bits per heavy atom. The van der Waals surface area contributed by atoms with E-state index < -0.39 is 0 Å². The third-order valence-corrected chi connectivity index (χ3v) is 3.28. The topological polar surface area (TPSA) is 59.5 Å². The molecule has 100 valence electrons. The van der Waals surface area contributed by atoms with Crippen LogP contribution in [0.3, 0.4) is 0 Å². The van der Waals surface area contributed by atoms with Crippen molar-refractivity contribution >= 4 is 23.1 Å². The highest BCUT2D eigenvalue weighted by molar-refractivity contribution is 7.80. The molecule has 5 heteroatoms. The molecule has 0 aliphatic rings. The number of carbonyl (C=O) groups is 1. The average Bonchev–Trinajstić information content (AvgIpc) is 2.53. The van der Waals surface area contributed by atoms with Crippen molar-refractivity contribution in [2.24, 2.45) is 5.73 Å². The molecular formula is C13H20N2O2S. The van der Waals surface area contributed by atoms with Crippen molar-refractivity contribution in [3.8, 4) is 0 Å². The second-order valence-corrected chi connectivity index (χ2v) is 4.84. The van der Waals surface area contributed by atoms with Gasteiger partial charge in [0.05, 0.1) is 10.6 Å². The molecule has 0 bridgehead atoms. The molecule has 0 saturated heterocycles. The van der Waals surface area contributed by atoms with Gasteiger partial charge >= 0.3 is 0 Å². The van der Waals surface area contributed by atoms with E-state index in [-0.39, 0.29) is 5.91 Å². The van der Waals surface area contributed by atoms with Gasteiger partial charge in [-0.3, -0.25) is 4.79 Å². The monoisotopic (exact) mass is 268 g/mol. The van der Waals surface area contributed by atoms with Crippen molar-refractivity contribution in [2.75, 3.05) is 13.1 Å². The molecule has 1 aromatic heterocycles. The van der Waals surface area contributed by atoms with Crippen LogP contribution in [0, 0.1) is 20.8 Å². The van der Waals surface area contributed by atoms with Crippen LogP contribution in [0.4, 0.5) is 0 Å².